The summed E-state index contributed by atoms with van der Waals surface area (Å²) >= 11 is 0. The summed E-state index contributed by atoms with van der Waals surface area (Å²) < 4.78 is 11.4. The summed E-state index contributed by atoms with van der Waals surface area (Å²) in [7, 11) is 0. The van der Waals surface area contributed by atoms with E-state index in [2.05, 4.69) is 0 Å². The average Bonchev–Trinajstić information content (AvgIpc) is 3.18. The zero-order valence-corrected chi connectivity index (χ0v) is 15.0. The topological polar surface area (TPSA) is 76.2 Å². The zero-order valence-electron chi connectivity index (χ0n) is 15.0. The maximum Gasteiger partial charge on any atom is 0.262 e. The largest absolute Gasteiger partial charge is 0.347 e. The van der Waals surface area contributed by atoms with Crippen LogP contribution in [0.15, 0.2) is 18.2 Å². The molecule has 1 aromatic rings. The van der Waals surface area contributed by atoms with E-state index < -0.39 is 23.6 Å². The van der Waals surface area contributed by atoms with Crippen LogP contribution in [0.1, 0.15) is 46.0 Å². The Morgan fingerprint density at radius 3 is 2.35 bits per heavy atom. The molecule has 0 aliphatic carbocycles. The third-order valence-corrected chi connectivity index (χ3v) is 5.47. The first-order chi connectivity index (χ1) is 12.4. The van der Waals surface area contributed by atoms with Gasteiger partial charge < -0.3 is 14.4 Å². The van der Waals surface area contributed by atoms with Crippen LogP contribution < -0.4 is 0 Å². The molecular weight excluding hydrogens is 336 g/mol. The highest BCUT2D eigenvalue weighted by atomic mass is 16.7. The molecule has 3 heterocycles. The lowest BCUT2D eigenvalue weighted by molar-refractivity contribution is -0.188. The molecule has 0 saturated carbocycles. The molecule has 0 aromatic heterocycles. The number of aryl methyl sites for hydroxylation is 1. The Kier molecular flexibility index (Phi) is 4.08. The summed E-state index contributed by atoms with van der Waals surface area (Å²) in [5.41, 5.74) is 1.65. The number of fused-ring (bicyclic) bond motifs is 1. The fourth-order valence-electron chi connectivity index (χ4n) is 3.95. The molecule has 0 bridgehead atoms. The molecule has 1 spiro atoms. The molecule has 1 atom stereocenters. The summed E-state index contributed by atoms with van der Waals surface area (Å²) in [5.74, 6) is -1.58. The zero-order chi connectivity index (χ0) is 18.5. The predicted molar refractivity (Wildman–Crippen MR) is 91.6 cm³/mol. The number of ether oxygens (including phenoxy) is 2. The first-order valence-corrected chi connectivity index (χ1v) is 8.97. The molecule has 0 radical (unpaired) electrons. The van der Waals surface area contributed by atoms with Gasteiger partial charge in [0.1, 0.15) is 6.04 Å². The van der Waals surface area contributed by atoms with Crippen LogP contribution in [0.5, 0.6) is 0 Å². The molecule has 138 valence electrons. The van der Waals surface area contributed by atoms with Crippen molar-refractivity contribution in [1.82, 2.24) is 9.80 Å². The number of rotatable bonds is 2. The van der Waals surface area contributed by atoms with E-state index in [4.69, 9.17) is 9.47 Å². The van der Waals surface area contributed by atoms with Crippen LogP contribution in [0.3, 0.4) is 0 Å². The lowest BCUT2D eigenvalue weighted by Gasteiger charge is -2.39. The van der Waals surface area contributed by atoms with E-state index in [0.717, 1.165) is 10.5 Å². The van der Waals surface area contributed by atoms with Crippen LogP contribution >= 0.6 is 0 Å². The van der Waals surface area contributed by atoms with E-state index in [1.807, 2.05) is 6.92 Å². The van der Waals surface area contributed by atoms with Gasteiger partial charge in [0.25, 0.3) is 11.8 Å². The lowest BCUT2D eigenvalue weighted by Crippen LogP contribution is -2.54. The van der Waals surface area contributed by atoms with E-state index in [9.17, 15) is 14.4 Å². The molecule has 3 amide bonds. The highest BCUT2D eigenvalue weighted by Gasteiger charge is 2.45. The number of benzene rings is 1. The van der Waals surface area contributed by atoms with Crippen molar-refractivity contribution in [3.05, 3.63) is 34.9 Å². The molecule has 3 aliphatic heterocycles. The number of likely N-dealkylation sites (tertiary alicyclic amines) is 1. The van der Waals surface area contributed by atoms with Crippen molar-refractivity contribution in [3.8, 4) is 0 Å². The van der Waals surface area contributed by atoms with Gasteiger partial charge in [-0.15, -0.1) is 0 Å². The summed E-state index contributed by atoms with van der Waals surface area (Å²) in [6, 6.07) is 4.32. The van der Waals surface area contributed by atoms with E-state index in [1.54, 1.807) is 30.0 Å². The van der Waals surface area contributed by atoms with E-state index in [0.29, 0.717) is 50.3 Å². The summed E-state index contributed by atoms with van der Waals surface area (Å²) in [5, 5.41) is 0. The van der Waals surface area contributed by atoms with Crippen molar-refractivity contribution >= 4 is 17.7 Å². The minimum absolute atomic E-state index is 0.218. The minimum atomic E-state index is -0.831. The van der Waals surface area contributed by atoms with Crippen LogP contribution in [-0.4, -0.2) is 65.7 Å². The molecule has 7 heteroatoms. The highest BCUT2D eigenvalue weighted by molar-refractivity contribution is 6.22. The summed E-state index contributed by atoms with van der Waals surface area (Å²) in [4.78, 5) is 41.0. The van der Waals surface area contributed by atoms with Crippen molar-refractivity contribution in [2.75, 3.05) is 26.3 Å². The molecule has 0 unspecified atom stereocenters. The molecule has 2 fully saturated rings. The molecule has 2 saturated heterocycles. The van der Waals surface area contributed by atoms with Crippen molar-refractivity contribution in [2.45, 2.75) is 38.5 Å². The van der Waals surface area contributed by atoms with Gasteiger partial charge in [-0.05, 0) is 26.0 Å². The Bertz CT molecular complexity index is 774. The van der Waals surface area contributed by atoms with Crippen molar-refractivity contribution in [1.29, 1.82) is 0 Å². The van der Waals surface area contributed by atoms with Crippen LogP contribution in [0.2, 0.25) is 0 Å². The smallest absolute Gasteiger partial charge is 0.262 e. The molecule has 7 nitrogen and oxygen atoms in total. The van der Waals surface area contributed by atoms with E-state index in [1.165, 1.54) is 0 Å². The van der Waals surface area contributed by atoms with Crippen LogP contribution in [0, 0.1) is 6.92 Å². The Morgan fingerprint density at radius 2 is 1.69 bits per heavy atom. The SMILES string of the molecule is Cc1ccc2c(c1)C(=O)N([C@H](C)C(=O)N1CCC3(CC1)OCCO3)C2=O. The molecule has 26 heavy (non-hydrogen) atoms. The molecular formula is C19H22N2O5. The summed E-state index contributed by atoms with van der Waals surface area (Å²) in [6.45, 7) is 5.63. The van der Waals surface area contributed by atoms with Crippen molar-refractivity contribution in [3.63, 3.8) is 0 Å². The summed E-state index contributed by atoms with van der Waals surface area (Å²) in [6.07, 6.45) is 1.21. The van der Waals surface area contributed by atoms with Gasteiger partial charge in [-0.2, -0.15) is 0 Å². The molecule has 0 N–H and O–H groups in total. The number of carbonyl (C=O) groups is 3. The Morgan fingerprint density at radius 1 is 1.08 bits per heavy atom. The highest BCUT2D eigenvalue weighted by Crippen LogP contribution is 2.32. The third kappa shape index (κ3) is 2.62. The van der Waals surface area contributed by atoms with Gasteiger partial charge in [0.05, 0.1) is 24.3 Å². The van der Waals surface area contributed by atoms with Crippen LogP contribution in [0.25, 0.3) is 0 Å². The number of hydrogen-bond donors (Lipinski definition) is 0. The predicted octanol–water partition coefficient (Wildman–Crippen LogP) is 1.35. The number of nitrogens with zero attached hydrogens (tertiary/aromatic N) is 2. The number of piperidine rings is 1. The van der Waals surface area contributed by atoms with Crippen molar-refractivity contribution < 1.29 is 23.9 Å². The quantitative estimate of drug-likeness (QED) is 0.746. The van der Waals surface area contributed by atoms with Crippen LogP contribution in [0.4, 0.5) is 0 Å². The van der Waals surface area contributed by atoms with Gasteiger partial charge in [-0.1, -0.05) is 11.6 Å². The Balaban J connectivity index is 1.48. The second-order valence-corrected chi connectivity index (χ2v) is 7.14. The van der Waals surface area contributed by atoms with Gasteiger partial charge in [-0.3, -0.25) is 19.3 Å². The standard InChI is InChI=1S/C19H22N2O5/c1-12-3-4-14-15(11-12)18(24)21(17(14)23)13(2)16(22)20-7-5-19(6-8-20)25-9-10-26-19/h3-4,11,13H,5-10H2,1-2H3/t13-/m1/s1. The second kappa shape index (κ2) is 6.17. The Hall–Kier alpha value is -2.25. The maximum atomic E-state index is 12.9. The Labute approximate surface area is 151 Å². The average molecular weight is 358 g/mol. The fourth-order valence-corrected chi connectivity index (χ4v) is 3.95. The minimum Gasteiger partial charge on any atom is -0.347 e. The van der Waals surface area contributed by atoms with Gasteiger partial charge in [0.15, 0.2) is 5.79 Å². The molecule has 1 aromatic carbocycles. The third-order valence-electron chi connectivity index (χ3n) is 5.47. The van der Waals surface area contributed by atoms with E-state index in [-0.39, 0.29) is 5.91 Å². The van der Waals surface area contributed by atoms with Gasteiger partial charge in [0, 0.05) is 25.9 Å². The maximum absolute atomic E-state index is 12.9. The monoisotopic (exact) mass is 358 g/mol. The van der Waals surface area contributed by atoms with Crippen LogP contribution in [-0.2, 0) is 14.3 Å². The first-order valence-electron chi connectivity index (χ1n) is 8.97. The van der Waals surface area contributed by atoms with Crippen molar-refractivity contribution in [2.24, 2.45) is 0 Å². The van der Waals surface area contributed by atoms with Gasteiger partial charge in [0.2, 0.25) is 5.91 Å². The fraction of sp³-hybridized carbons (Fsp3) is 0.526. The first kappa shape index (κ1) is 17.2. The normalized spacial score (nSPS) is 22.8. The number of hydrogen-bond acceptors (Lipinski definition) is 5. The molecule has 3 aliphatic rings. The molecule has 4 rings (SSSR count). The number of carbonyl (C=O) groups excluding carboxylic acids is 3. The lowest BCUT2D eigenvalue weighted by atomic mass is 10.0. The van der Waals surface area contributed by atoms with Gasteiger partial charge in [-0.25, -0.2) is 0 Å². The number of amides is 3. The van der Waals surface area contributed by atoms with Gasteiger partial charge >= 0.3 is 0 Å². The second-order valence-electron chi connectivity index (χ2n) is 7.14. The van der Waals surface area contributed by atoms with E-state index >= 15 is 0 Å². The number of imide groups is 1.